The molecule has 0 fully saturated rings. The van der Waals surface area contributed by atoms with Crippen molar-refractivity contribution in [3.8, 4) is 0 Å². The first-order chi connectivity index (χ1) is 9.39. The molecule has 1 atom stereocenters. The lowest BCUT2D eigenvalue weighted by atomic mass is 10.0. The number of aromatic nitrogens is 2. The predicted octanol–water partition coefficient (Wildman–Crippen LogP) is -0.345. The predicted molar refractivity (Wildman–Crippen MR) is 70.5 cm³/mol. The lowest BCUT2D eigenvalue weighted by Gasteiger charge is -2.13. The SMILES string of the molecule is CCC(CCO)CNS(=O)(=O)c1cnn(CC(=O)O)c1. The third-order valence-corrected chi connectivity index (χ3v) is 4.27. The Labute approximate surface area is 117 Å². The molecule has 0 bridgehead atoms. The van der Waals surface area contributed by atoms with E-state index in [1.807, 2.05) is 6.92 Å². The van der Waals surface area contributed by atoms with Gasteiger partial charge in [-0.2, -0.15) is 5.10 Å². The molecule has 114 valence electrons. The molecule has 0 aliphatic rings. The molecule has 0 aliphatic heterocycles. The zero-order valence-corrected chi connectivity index (χ0v) is 12.0. The molecule has 8 nitrogen and oxygen atoms in total. The first kappa shape index (κ1) is 16.6. The van der Waals surface area contributed by atoms with Crippen LogP contribution in [0.1, 0.15) is 19.8 Å². The third-order valence-electron chi connectivity index (χ3n) is 2.89. The van der Waals surface area contributed by atoms with Crippen LogP contribution in [0.5, 0.6) is 0 Å². The van der Waals surface area contributed by atoms with E-state index in [1.165, 1.54) is 6.20 Å². The Bertz CT molecular complexity index is 540. The number of aliphatic carboxylic acids is 1. The van der Waals surface area contributed by atoms with Crippen LogP contribution >= 0.6 is 0 Å². The molecule has 0 saturated heterocycles. The smallest absolute Gasteiger partial charge is 0.325 e. The summed E-state index contributed by atoms with van der Waals surface area (Å²) in [6.07, 6.45) is 3.56. The number of aliphatic hydroxyl groups excluding tert-OH is 1. The van der Waals surface area contributed by atoms with Crippen LogP contribution in [0.4, 0.5) is 0 Å². The Morgan fingerprint density at radius 3 is 2.80 bits per heavy atom. The van der Waals surface area contributed by atoms with Crippen LogP contribution in [-0.4, -0.2) is 47.5 Å². The van der Waals surface area contributed by atoms with Gasteiger partial charge < -0.3 is 10.2 Å². The van der Waals surface area contributed by atoms with Gasteiger partial charge in [0, 0.05) is 19.3 Å². The van der Waals surface area contributed by atoms with Crippen molar-refractivity contribution in [1.82, 2.24) is 14.5 Å². The highest BCUT2D eigenvalue weighted by molar-refractivity contribution is 7.89. The minimum Gasteiger partial charge on any atom is -0.480 e. The number of nitrogens with one attached hydrogen (secondary N) is 1. The van der Waals surface area contributed by atoms with E-state index in [1.54, 1.807) is 0 Å². The zero-order chi connectivity index (χ0) is 15.2. The highest BCUT2D eigenvalue weighted by Gasteiger charge is 2.18. The van der Waals surface area contributed by atoms with Gasteiger partial charge in [0.05, 0.1) is 6.20 Å². The van der Waals surface area contributed by atoms with Crippen molar-refractivity contribution < 1.29 is 23.4 Å². The summed E-state index contributed by atoms with van der Waals surface area (Å²) in [6.45, 7) is 1.76. The minimum absolute atomic E-state index is 0.0107. The molecule has 0 aromatic carbocycles. The van der Waals surface area contributed by atoms with Gasteiger partial charge in [0.1, 0.15) is 11.4 Å². The van der Waals surface area contributed by atoms with Gasteiger partial charge in [-0.15, -0.1) is 0 Å². The van der Waals surface area contributed by atoms with E-state index in [-0.39, 0.29) is 24.0 Å². The third kappa shape index (κ3) is 4.91. The van der Waals surface area contributed by atoms with Gasteiger partial charge in [0.15, 0.2) is 0 Å². The van der Waals surface area contributed by atoms with Crippen LogP contribution in [0.2, 0.25) is 0 Å². The van der Waals surface area contributed by atoms with Crippen molar-refractivity contribution in [2.45, 2.75) is 31.2 Å². The Morgan fingerprint density at radius 1 is 1.55 bits per heavy atom. The molecule has 0 radical (unpaired) electrons. The van der Waals surface area contributed by atoms with Crippen LogP contribution in [0.3, 0.4) is 0 Å². The molecule has 3 N–H and O–H groups in total. The molecular weight excluding hydrogens is 286 g/mol. The molecule has 0 saturated carbocycles. The summed E-state index contributed by atoms with van der Waals surface area (Å²) in [6, 6.07) is 0. The quantitative estimate of drug-likeness (QED) is 0.573. The van der Waals surface area contributed by atoms with E-state index < -0.39 is 22.5 Å². The summed E-state index contributed by atoms with van der Waals surface area (Å²) in [5, 5.41) is 21.1. The summed E-state index contributed by atoms with van der Waals surface area (Å²) in [4.78, 5) is 10.4. The van der Waals surface area contributed by atoms with Gasteiger partial charge in [-0.1, -0.05) is 13.3 Å². The van der Waals surface area contributed by atoms with Gasteiger partial charge in [0.2, 0.25) is 10.0 Å². The van der Waals surface area contributed by atoms with Gasteiger partial charge in [-0.25, -0.2) is 13.1 Å². The molecule has 20 heavy (non-hydrogen) atoms. The number of carbonyl (C=O) groups is 1. The molecule has 1 unspecified atom stereocenters. The van der Waals surface area contributed by atoms with Crippen LogP contribution in [-0.2, 0) is 21.4 Å². The minimum atomic E-state index is -3.71. The molecule has 0 aliphatic carbocycles. The average Bonchev–Trinajstić information content (AvgIpc) is 2.82. The summed E-state index contributed by atoms with van der Waals surface area (Å²) < 4.78 is 27.4. The number of carboxylic acid groups (broad SMARTS) is 1. The monoisotopic (exact) mass is 305 g/mol. The largest absolute Gasteiger partial charge is 0.480 e. The lowest BCUT2D eigenvalue weighted by molar-refractivity contribution is -0.137. The highest BCUT2D eigenvalue weighted by Crippen LogP contribution is 2.10. The summed E-state index contributed by atoms with van der Waals surface area (Å²) in [5.41, 5.74) is 0. The number of rotatable bonds is 9. The second-order valence-electron chi connectivity index (χ2n) is 4.41. The van der Waals surface area contributed by atoms with Gasteiger partial charge in [-0.3, -0.25) is 9.48 Å². The lowest BCUT2D eigenvalue weighted by Crippen LogP contribution is -2.29. The van der Waals surface area contributed by atoms with E-state index in [4.69, 9.17) is 10.2 Å². The molecule has 1 heterocycles. The van der Waals surface area contributed by atoms with Crippen molar-refractivity contribution in [2.24, 2.45) is 5.92 Å². The van der Waals surface area contributed by atoms with Crippen molar-refractivity contribution in [1.29, 1.82) is 0 Å². The Morgan fingerprint density at radius 2 is 2.25 bits per heavy atom. The van der Waals surface area contributed by atoms with Crippen molar-refractivity contribution in [2.75, 3.05) is 13.2 Å². The summed E-state index contributed by atoms with van der Waals surface area (Å²) >= 11 is 0. The van der Waals surface area contributed by atoms with Crippen LogP contribution in [0.15, 0.2) is 17.3 Å². The maximum Gasteiger partial charge on any atom is 0.325 e. The van der Waals surface area contributed by atoms with Crippen LogP contribution in [0, 0.1) is 5.92 Å². The number of nitrogens with zero attached hydrogens (tertiary/aromatic N) is 2. The van der Waals surface area contributed by atoms with E-state index in [2.05, 4.69) is 9.82 Å². The van der Waals surface area contributed by atoms with E-state index in [9.17, 15) is 13.2 Å². The second-order valence-corrected chi connectivity index (χ2v) is 6.17. The average molecular weight is 305 g/mol. The first-order valence-electron chi connectivity index (χ1n) is 6.23. The van der Waals surface area contributed by atoms with Crippen molar-refractivity contribution in [3.63, 3.8) is 0 Å². The number of aliphatic hydroxyl groups is 1. The molecular formula is C11H19N3O5S. The summed E-state index contributed by atoms with van der Waals surface area (Å²) in [5.74, 6) is -1.04. The molecule has 1 aromatic rings. The van der Waals surface area contributed by atoms with Gasteiger partial charge >= 0.3 is 5.97 Å². The first-order valence-corrected chi connectivity index (χ1v) is 7.72. The zero-order valence-electron chi connectivity index (χ0n) is 11.2. The van der Waals surface area contributed by atoms with Crippen molar-refractivity contribution in [3.05, 3.63) is 12.4 Å². The Kier molecular flexibility index (Phi) is 6.11. The Balaban J connectivity index is 2.68. The fraction of sp³-hybridized carbons (Fsp3) is 0.636. The topological polar surface area (TPSA) is 122 Å². The number of hydrogen-bond acceptors (Lipinski definition) is 5. The fourth-order valence-corrected chi connectivity index (χ4v) is 2.72. The number of sulfonamides is 1. The maximum atomic E-state index is 12.0. The normalized spacial score (nSPS) is 13.3. The van der Waals surface area contributed by atoms with E-state index in [0.717, 1.165) is 17.3 Å². The second kappa shape index (κ2) is 7.36. The van der Waals surface area contributed by atoms with E-state index in [0.29, 0.717) is 6.42 Å². The number of carboxylic acids is 1. The standard InChI is InChI=1S/C11H19N3O5S/c1-2-9(3-4-15)5-13-20(18,19)10-6-12-14(7-10)8-11(16)17/h6-7,9,13,15H,2-5,8H2,1H3,(H,16,17). The highest BCUT2D eigenvalue weighted by atomic mass is 32.2. The fourth-order valence-electron chi connectivity index (χ4n) is 1.65. The summed E-state index contributed by atoms with van der Waals surface area (Å²) in [7, 11) is -3.71. The molecule has 1 aromatic heterocycles. The molecule has 1 rings (SSSR count). The molecule has 9 heteroatoms. The number of hydrogen-bond donors (Lipinski definition) is 3. The van der Waals surface area contributed by atoms with Gasteiger partial charge in [0.25, 0.3) is 0 Å². The maximum absolute atomic E-state index is 12.0. The van der Waals surface area contributed by atoms with Gasteiger partial charge in [-0.05, 0) is 12.3 Å². The van der Waals surface area contributed by atoms with Crippen LogP contribution < -0.4 is 4.72 Å². The van der Waals surface area contributed by atoms with E-state index >= 15 is 0 Å². The molecule has 0 amide bonds. The van der Waals surface area contributed by atoms with Crippen molar-refractivity contribution >= 4 is 16.0 Å². The van der Waals surface area contributed by atoms with Crippen LogP contribution in [0.25, 0.3) is 0 Å². The molecule has 0 spiro atoms. The Hall–Kier alpha value is -1.45.